The predicted molar refractivity (Wildman–Crippen MR) is 175 cm³/mol. The molecular formula is C31H31ClF3N9O5. The number of hydrogen-bond donors (Lipinski definition) is 5. The van der Waals surface area contributed by atoms with Crippen LogP contribution in [0.3, 0.4) is 0 Å². The molecule has 6 rings (SSSR count). The summed E-state index contributed by atoms with van der Waals surface area (Å²) in [5.74, 6) is -1.04. The SMILES string of the molecule is CCn1c(-c2nonc2N)nc2c(-c3cccc(NC(=O)Nc4cccc(Cl)c4)c3)ncc(OCC3CCNCC3)c21.O=C(O)C(F)(F)F. The van der Waals surface area contributed by atoms with Crippen molar-refractivity contribution in [1.29, 1.82) is 0 Å². The third-order valence-corrected chi connectivity index (χ3v) is 7.67. The molecule has 1 aliphatic heterocycles. The first kappa shape index (κ1) is 34.9. The fourth-order valence-electron chi connectivity index (χ4n) is 5.13. The number of ether oxygens (including phenoxy) is 1. The Kier molecular flexibility index (Phi) is 10.8. The Morgan fingerprint density at radius 1 is 1.10 bits per heavy atom. The highest BCUT2D eigenvalue weighted by Gasteiger charge is 2.38. The van der Waals surface area contributed by atoms with Gasteiger partial charge in [-0.25, -0.2) is 24.2 Å². The summed E-state index contributed by atoms with van der Waals surface area (Å²) in [5.41, 5.74) is 10.3. The highest BCUT2D eigenvalue weighted by molar-refractivity contribution is 6.30. The van der Waals surface area contributed by atoms with Crippen molar-refractivity contribution in [3.63, 3.8) is 0 Å². The molecule has 2 amide bonds. The number of carbonyl (C=O) groups excluding carboxylic acids is 1. The quantitative estimate of drug-likeness (QED) is 0.126. The number of anilines is 3. The summed E-state index contributed by atoms with van der Waals surface area (Å²) in [4.78, 5) is 31.3. The fraction of sp³-hybridized carbons (Fsp3) is 0.290. The maximum Gasteiger partial charge on any atom is 0.490 e. The number of halogens is 4. The zero-order valence-corrected chi connectivity index (χ0v) is 26.7. The smallest absolute Gasteiger partial charge is 0.489 e. The monoisotopic (exact) mass is 701 g/mol. The van der Waals surface area contributed by atoms with Gasteiger partial charge in [0.15, 0.2) is 23.1 Å². The number of nitrogens with zero attached hydrogens (tertiary/aromatic N) is 5. The third-order valence-electron chi connectivity index (χ3n) is 7.43. The van der Waals surface area contributed by atoms with Crippen LogP contribution in [-0.2, 0) is 11.3 Å². The van der Waals surface area contributed by atoms with Gasteiger partial charge in [0, 0.05) is 28.5 Å². The van der Waals surface area contributed by atoms with Crippen LogP contribution in [0.5, 0.6) is 5.75 Å². The molecule has 14 nitrogen and oxygen atoms in total. The summed E-state index contributed by atoms with van der Waals surface area (Å²) in [6.45, 7) is 5.12. The lowest BCUT2D eigenvalue weighted by atomic mass is 9.99. The summed E-state index contributed by atoms with van der Waals surface area (Å²) in [5, 5.41) is 24.5. The van der Waals surface area contributed by atoms with Crippen LogP contribution in [0.15, 0.2) is 59.4 Å². The number of urea groups is 1. The summed E-state index contributed by atoms with van der Waals surface area (Å²) < 4.78 is 45.0. The van der Waals surface area contributed by atoms with Crippen LogP contribution in [0.2, 0.25) is 5.02 Å². The number of amides is 2. The summed E-state index contributed by atoms with van der Waals surface area (Å²) >= 11 is 6.04. The van der Waals surface area contributed by atoms with Gasteiger partial charge in [-0.15, -0.1) is 0 Å². The molecule has 1 saturated heterocycles. The Labute approximate surface area is 281 Å². The lowest BCUT2D eigenvalue weighted by Gasteiger charge is -2.23. The van der Waals surface area contributed by atoms with Crippen LogP contribution < -0.4 is 26.4 Å². The maximum absolute atomic E-state index is 12.7. The number of fused-ring (bicyclic) bond motifs is 1. The minimum atomic E-state index is -5.08. The predicted octanol–water partition coefficient (Wildman–Crippen LogP) is 6.06. The highest BCUT2D eigenvalue weighted by atomic mass is 35.5. The Morgan fingerprint density at radius 3 is 2.39 bits per heavy atom. The molecule has 4 heterocycles. The second-order valence-electron chi connectivity index (χ2n) is 10.8. The Morgan fingerprint density at radius 2 is 1.78 bits per heavy atom. The molecule has 49 heavy (non-hydrogen) atoms. The molecule has 258 valence electrons. The second-order valence-corrected chi connectivity index (χ2v) is 11.3. The van der Waals surface area contributed by atoms with Crippen LogP contribution >= 0.6 is 11.6 Å². The van der Waals surface area contributed by atoms with Gasteiger partial charge in [0.1, 0.15) is 11.0 Å². The van der Waals surface area contributed by atoms with Gasteiger partial charge >= 0.3 is 18.2 Å². The zero-order chi connectivity index (χ0) is 35.1. The van der Waals surface area contributed by atoms with E-state index in [4.69, 9.17) is 46.6 Å². The molecule has 0 atom stereocenters. The van der Waals surface area contributed by atoms with E-state index in [0.29, 0.717) is 63.9 Å². The number of carbonyl (C=O) groups is 2. The van der Waals surface area contributed by atoms with E-state index in [1.165, 1.54) is 0 Å². The molecule has 0 aliphatic carbocycles. The van der Waals surface area contributed by atoms with Crippen molar-refractivity contribution in [2.75, 3.05) is 36.1 Å². The van der Waals surface area contributed by atoms with Crippen molar-refractivity contribution >= 4 is 51.8 Å². The minimum absolute atomic E-state index is 0.142. The second kappa shape index (κ2) is 15.2. The number of aromatic nitrogens is 5. The molecular weight excluding hydrogens is 671 g/mol. The van der Waals surface area contributed by atoms with Crippen LogP contribution in [-0.4, -0.2) is 67.8 Å². The van der Waals surface area contributed by atoms with E-state index in [1.54, 1.807) is 36.5 Å². The van der Waals surface area contributed by atoms with E-state index < -0.39 is 18.2 Å². The van der Waals surface area contributed by atoms with Gasteiger partial charge in [-0.1, -0.05) is 29.8 Å². The van der Waals surface area contributed by atoms with Gasteiger partial charge in [-0.2, -0.15) is 13.2 Å². The number of nitrogens with two attached hydrogens (primary N) is 1. The van der Waals surface area contributed by atoms with E-state index in [1.807, 2.05) is 29.7 Å². The first-order chi connectivity index (χ1) is 23.4. The lowest BCUT2D eigenvalue weighted by molar-refractivity contribution is -0.192. The molecule has 0 spiro atoms. The molecule has 6 N–H and O–H groups in total. The van der Waals surface area contributed by atoms with Crippen molar-refractivity contribution < 1.29 is 37.2 Å². The molecule has 0 radical (unpaired) electrons. The van der Waals surface area contributed by atoms with Crippen molar-refractivity contribution in [3.8, 4) is 28.5 Å². The zero-order valence-electron chi connectivity index (χ0n) is 25.9. The molecule has 0 bridgehead atoms. The van der Waals surface area contributed by atoms with Crippen molar-refractivity contribution in [1.82, 2.24) is 30.2 Å². The van der Waals surface area contributed by atoms with Gasteiger partial charge in [0.2, 0.25) is 0 Å². The summed E-state index contributed by atoms with van der Waals surface area (Å²) in [6.07, 6.45) is -1.25. The van der Waals surface area contributed by atoms with Crippen molar-refractivity contribution in [3.05, 3.63) is 59.8 Å². The number of hydrogen-bond acceptors (Lipinski definition) is 10. The number of imidazole rings is 1. The van der Waals surface area contributed by atoms with Gasteiger partial charge in [0.05, 0.1) is 18.5 Å². The number of carboxylic acid groups (broad SMARTS) is 1. The Hall–Kier alpha value is -5.42. The summed E-state index contributed by atoms with van der Waals surface area (Å²) in [7, 11) is 0. The number of rotatable bonds is 8. The lowest BCUT2D eigenvalue weighted by Crippen LogP contribution is -2.30. The van der Waals surface area contributed by atoms with Gasteiger partial charge in [-0.05, 0) is 79.4 Å². The molecule has 5 aromatic rings. The third kappa shape index (κ3) is 8.55. The van der Waals surface area contributed by atoms with E-state index in [2.05, 4.69) is 26.3 Å². The molecule has 18 heteroatoms. The van der Waals surface area contributed by atoms with Crippen molar-refractivity contribution in [2.45, 2.75) is 32.5 Å². The largest absolute Gasteiger partial charge is 0.490 e. The molecule has 1 aliphatic rings. The molecule has 0 saturated carbocycles. The molecule has 1 fully saturated rings. The minimum Gasteiger partial charge on any atom is -0.489 e. The summed E-state index contributed by atoms with van der Waals surface area (Å²) in [6, 6.07) is 13.9. The Balaban J connectivity index is 0.000000606. The number of piperidine rings is 1. The average molecular weight is 702 g/mol. The van der Waals surface area contributed by atoms with Crippen LogP contribution in [0.1, 0.15) is 19.8 Å². The number of nitrogens with one attached hydrogen (secondary N) is 3. The van der Waals surface area contributed by atoms with E-state index in [-0.39, 0.29) is 5.82 Å². The van der Waals surface area contributed by atoms with Crippen molar-refractivity contribution in [2.24, 2.45) is 5.92 Å². The van der Waals surface area contributed by atoms with Crippen LogP contribution in [0.25, 0.3) is 33.8 Å². The standard InChI is InChI=1S/C29H30ClN9O3.C2HF3O2/c1-2-39-26-22(41-16-17-9-11-32-12-10-17)15-33-23(24(26)36-28(39)25-27(31)38-42-37-25)18-5-3-7-20(13-18)34-29(40)35-21-8-4-6-19(30)14-21;3-2(4,5)1(6)7/h3-8,13-15,17,32H,2,9-12,16H2,1H3,(H2,31,38)(H2,34,35,40);(H,6,7). The normalized spacial score (nSPS) is 13.4. The number of carboxylic acids is 1. The first-order valence-corrected chi connectivity index (χ1v) is 15.4. The average Bonchev–Trinajstić information content (AvgIpc) is 3.67. The number of pyridine rings is 1. The maximum atomic E-state index is 12.7. The molecule has 0 unspecified atom stereocenters. The number of alkyl halides is 3. The Bertz CT molecular complexity index is 1940. The number of nitrogen functional groups attached to an aromatic ring is 1. The molecule has 2 aromatic carbocycles. The fourth-order valence-corrected chi connectivity index (χ4v) is 5.32. The van der Waals surface area contributed by atoms with Gasteiger partial charge < -0.3 is 36.1 Å². The number of aliphatic carboxylic acids is 1. The molecule has 3 aromatic heterocycles. The highest BCUT2D eigenvalue weighted by Crippen LogP contribution is 2.37. The van der Waals surface area contributed by atoms with Gasteiger partial charge in [-0.3, -0.25) is 0 Å². The first-order valence-electron chi connectivity index (χ1n) is 15.0. The number of benzene rings is 2. The topological polar surface area (TPSA) is 195 Å². The van der Waals surface area contributed by atoms with E-state index in [0.717, 1.165) is 37.0 Å². The van der Waals surface area contributed by atoms with E-state index in [9.17, 15) is 18.0 Å². The van der Waals surface area contributed by atoms with Gasteiger partial charge in [0.25, 0.3) is 0 Å². The van der Waals surface area contributed by atoms with E-state index >= 15 is 0 Å². The number of aryl methyl sites for hydroxylation is 1. The van der Waals surface area contributed by atoms with Crippen LogP contribution in [0, 0.1) is 5.92 Å². The van der Waals surface area contributed by atoms with Crippen LogP contribution in [0.4, 0.5) is 35.2 Å².